The van der Waals surface area contributed by atoms with E-state index in [1.54, 1.807) is 18.8 Å². The minimum absolute atomic E-state index is 0.324. The number of aliphatic carboxylic acids is 1. The van der Waals surface area contributed by atoms with E-state index in [1.807, 2.05) is 13.2 Å². The maximum Gasteiger partial charge on any atom is 0.326 e. The maximum atomic E-state index is 11.6. The number of carboxylic acids is 1. The molecule has 0 aromatic carbocycles. The topological polar surface area (TPSA) is 69.6 Å². The summed E-state index contributed by atoms with van der Waals surface area (Å²) in [4.78, 5) is 23.9. The van der Waals surface area contributed by atoms with Crippen LogP contribution < -0.4 is 5.32 Å². The van der Waals surface area contributed by atoms with Gasteiger partial charge in [0.15, 0.2) is 0 Å². The highest BCUT2D eigenvalue weighted by Gasteiger charge is 2.20. The monoisotopic (exact) mass is 248 g/mol. The highest BCUT2D eigenvalue weighted by molar-refractivity contribution is 7.98. The molecule has 0 unspecified atom stereocenters. The van der Waals surface area contributed by atoms with Crippen molar-refractivity contribution in [2.45, 2.75) is 25.8 Å². The molecule has 6 heteroatoms. The average molecular weight is 248 g/mol. The number of rotatable bonds is 7. The summed E-state index contributed by atoms with van der Waals surface area (Å²) in [6.07, 6.45) is 3.21. The Morgan fingerprint density at radius 3 is 2.56 bits per heavy atom. The summed E-state index contributed by atoms with van der Waals surface area (Å²) in [5.41, 5.74) is 0. The lowest BCUT2D eigenvalue weighted by Gasteiger charge is -2.20. The van der Waals surface area contributed by atoms with Crippen molar-refractivity contribution < 1.29 is 14.7 Å². The molecule has 0 aliphatic heterocycles. The van der Waals surface area contributed by atoms with Gasteiger partial charge in [-0.1, -0.05) is 6.92 Å². The highest BCUT2D eigenvalue weighted by Crippen LogP contribution is 2.02. The van der Waals surface area contributed by atoms with Crippen molar-refractivity contribution >= 4 is 23.8 Å². The van der Waals surface area contributed by atoms with Gasteiger partial charge in [-0.25, -0.2) is 9.59 Å². The molecule has 0 aliphatic carbocycles. The van der Waals surface area contributed by atoms with Crippen LogP contribution in [-0.2, 0) is 4.79 Å². The summed E-state index contributed by atoms with van der Waals surface area (Å²) in [5.74, 6) is -0.262. The van der Waals surface area contributed by atoms with Gasteiger partial charge < -0.3 is 15.3 Å². The van der Waals surface area contributed by atoms with E-state index in [9.17, 15) is 9.59 Å². The fraction of sp³-hybridized carbons (Fsp3) is 0.800. The van der Waals surface area contributed by atoms with Crippen LogP contribution in [0.5, 0.6) is 0 Å². The predicted molar refractivity (Wildman–Crippen MR) is 65.9 cm³/mol. The van der Waals surface area contributed by atoms with Gasteiger partial charge in [0.1, 0.15) is 6.04 Å². The molecule has 0 bridgehead atoms. The zero-order valence-electron chi connectivity index (χ0n) is 10.0. The van der Waals surface area contributed by atoms with Gasteiger partial charge in [-0.2, -0.15) is 11.8 Å². The molecular weight excluding hydrogens is 228 g/mol. The molecule has 0 radical (unpaired) electrons. The van der Waals surface area contributed by atoms with E-state index in [2.05, 4.69) is 5.32 Å². The number of urea groups is 1. The second-order valence-electron chi connectivity index (χ2n) is 3.54. The van der Waals surface area contributed by atoms with E-state index in [-0.39, 0.29) is 6.03 Å². The second kappa shape index (κ2) is 8.27. The van der Waals surface area contributed by atoms with Crippen molar-refractivity contribution in [2.24, 2.45) is 0 Å². The van der Waals surface area contributed by atoms with E-state index in [0.29, 0.717) is 13.0 Å². The molecular formula is C10H20N2O3S. The standard InChI is InChI=1S/C10H20N2O3S/c1-4-6-12(2)10(15)11-8(9(13)14)5-7-16-3/h8H,4-7H2,1-3H3,(H,11,15)(H,13,14)/t8-/m0/s1. The van der Waals surface area contributed by atoms with Crippen LogP contribution >= 0.6 is 11.8 Å². The quantitative estimate of drug-likeness (QED) is 0.711. The van der Waals surface area contributed by atoms with Crippen LogP contribution in [0.15, 0.2) is 0 Å². The minimum atomic E-state index is -0.979. The molecule has 94 valence electrons. The van der Waals surface area contributed by atoms with Gasteiger partial charge in [-0.15, -0.1) is 0 Å². The Balaban J connectivity index is 4.17. The van der Waals surface area contributed by atoms with Crippen LogP contribution in [0.4, 0.5) is 4.79 Å². The van der Waals surface area contributed by atoms with Gasteiger partial charge in [0.25, 0.3) is 0 Å². The molecule has 0 aromatic rings. The number of thioether (sulfide) groups is 1. The van der Waals surface area contributed by atoms with Crippen molar-refractivity contribution in [1.29, 1.82) is 0 Å². The Morgan fingerprint density at radius 2 is 2.12 bits per heavy atom. The third kappa shape index (κ3) is 5.85. The van der Waals surface area contributed by atoms with Crippen molar-refractivity contribution in [1.82, 2.24) is 10.2 Å². The molecule has 2 N–H and O–H groups in total. The summed E-state index contributed by atoms with van der Waals surface area (Å²) >= 11 is 1.56. The molecule has 1 atom stereocenters. The van der Waals surface area contributed by atoms with E-state index >= 15 is 0 Å². The molecule has 0 saturated carbocycles. The molecule has 5 nitrogen and oxygen atoms in total. The Morgan fingerprint density at radius 1 is 1.50 bits per heavy atom. The first-order valence-electron chi connectivity index (χ1n) is 5.26. The van der Waals surface area contributed by atoms with Crippen molar-refractivity contribution in [3.63, 3.8) is 0 Å². The summed E-state index contributed by atoms with van der Waals surface area (Å²) in [6, 6.07) is -1.12. The van der Waals surface area contributed by atoms with Gasteiger partial charge in [-0.3, -0.25) is 0 Å². The first-order chi connectivity index (χ1) is 7.52. The number of carbonyl (C=O) groups is 2. The van der Waals surface area contributed by atoms with Gasteiger partial charge >= 0.3 is 12.0 Å². The Kier molecular flexibility index (Phi) is 7.80. The van der Waals surface area contributed by atoms with E-state index in [4.69, 9.17) is 5.11 Å². The van der Waals surface area contributed by atoms with E-state index in [1.165, 1.54) is 4.90 Å². The van der Waals surface area contributed by atoms with Gasteiger partial charge in [-0.05, 0) is 24.9 Å². The Bertz CT molecular complexity index is 236. The number of amides is 2. The zero-order chi connectivity index (χ0) is 12.6. The first-order valence-corrected chi connectivity index (χ1v) is 6.65. The molecule has 0 heterocycles. The Labute approximate surface area is 101 Å². The zero-order valence-corrected chi connectivity index (χ0v) is 10.8. The second-order valence-corrected chi connectivity index (χ2v) is 4.53. The molecule has 0 spiro atoms. The van der Waals surface area contributed by atoms with Crippen molar-refractivity contribution in [2.75, 3.05) is 25.6 Å². The number of carboxylic acid groups (broad SMARTS) is 1. The molecule has 0 aromatic heterocycles. The Hall–Kier alpha value is -0.910. The van der Waals surface area contributed by atoms with Crippen LogP contribution in [0.1, 0.15) is 19.8 Å². The van der Waals surface area contributed by atoms with Crippen LogP contribution in [0.25, 0.3) is 0 Å². The van der Waals surface area contributed by atoms with Crippen LogP contribution in [0.2, 0.25) is 0 Å². The molecule has 0 saturated heterocycles. The lowest BCUT2D eigenvalue weighted by Crippen LogP contribution is -2.47. The number of nitrogens with zero attached hydrogens (tertiary/aromatic N) is 1. The summed E-state index contributed by atoms with van der Waals surface area (Å²) in [5, 5.41) is 11.4. The van der Waals surface area contributed by atoms with Gasteiger partial charge in [0.2, 0.25) is 0 Å². The number of carbonyl (C=O) groups excluding carboxylic acids is 1. The maximum absolute atomic E-state index is 11.6. The molecule has 0 rings (SSSR count). The fourth-order valence-corrected chi connectivity index (χ4v) is 1.66. The highest BCUT2D eigenvalue weighted by atomic mass is 32.2. The largest absolute Gasteiger partial charge is 0.480 e. The third-order valence-corrected chi connectivity index (χ3v) is 2.76. The van der Waals surface area contributed by atoms with Crippen LogP contribution in [-0.4, -0.2) is 53.6 Å². The fourth-order valence-electron chi connectivity index (χ4n) is 1.19. The van der Waals surface area contributed by atoms with Crippen LogP contribution in [0, 0.1) is 0 Å². The SMILES string of the molecule is CCCN(C)C(=O)N[C@@H](CCSC)C(=O)O. The molecule has 0 aliphatic rings. The number of nitrogens with one attached hydrogen (secondary N) is 1. The molecule has 0 fully saturated rings. The first kappa shape index (κ1) is 15.1. The smallest absolute Gasteiger partial charge is 0.326 e. The van der Waals surface area contributed by atoms with Crippen molar-refractivity contribution in [3.8, 4) is 0 Å². The van der Waals surface area contributed by atoms with Gasteiger partial charge in [0, 0.05) is 13.6 Å². The van der Waals surface area contributed by atoms with Gasteiger partial charge in [0.05, 0.1) is 0 Å². The lowest BCUT2D eigenvalue weighted by molar-refractivity contribution is -0.139. The van der Waals surface area contributed by atoms with E-state index in [0.717, 1.165) is 12.2 Å². The summed E-state index contributed by atoms with van der Waals surface area (Å²) < 4.78 is 0. The lowest BCUT2D eigenvalue weighted by atomic mass is 10.2. The minimum Gasteiger partial charge on any atom is -0.480 e. The third-order valence-electron chi connectivity index (χ3n) is 2.11. The summed E-state index contributed by atoms with van der Waals surface area (Å²) in [6.45, 7) is 2.59. The van der Waals surface area contributed by atoms with E-state index < -0.39 is 12.0 Å². The van der Waals surface area contributed by atoms with Crippen molar-refractivity contribution in [3.05, 3.63) is 0 Å². The number of hydrogen-bond donors (Lipinski definition) is 2. The summed E-state index contributed by atoms with van der Waals surface area (Å²) in [7, 11) is 1.66. The predicted octanol–water partition coefficient (Wildman–Crippen LogP) is 1.24. The molecule has 16 heavy (non-hydrogen) atoms. The molecule has 2 amide bonds. The number of hydrogen-bond acceptors (Lipinski definition) is 3. The normalized spacial score (nSPS) is 11.9. The average Bonchev–Trinajstić information content (AvgIpc) is 2.23. The van der Waals surface area contributed by atoms with Crippen LogP contribution in [0.3, 0.4) is 0 Å².